The molecular weight excluding hydrogens is 298 g/mol. The molecule has 0 aromatic heterocycles. The smallest absolute Gasteiger partial charge is 0.394 e. The van der Waals surface area contributed by atoms with Gasteiger partial charge in [-0.2, -0.15) is 14.3 Å². The summed E-state index contributed by atoms with van der Waals surface area (Å²) in [5.74, 6) is -1.46. The molecule has 114 valence electrons. The molecule has 8 nitrogen and oxygen atoms in total. The second kappa shape index (κ2) is 5.96. The first-order chi connectivity index (χ1) is 9.86. The Morgan fingerprint density at radius 2 is 2.24 bits per heavy atom. The van der Waals surface area contributed by atoms with Crippen LogP contribution < -0.4 is 5.32 Å². The highest BCUT2D eigenvalue weighted by molar-refractivity contribution is 8.18. The van der Waals surface area contributed by atoms with Crippen LogP contribution in [0.2, 0.25) is 0 Å². The van der Waals surface area contributed by atoms with Crippen molar-refractivity contribution in [2.24, 2.45) is 5.92 Å². The number of aliphatic hydroxyl groups is 2. The van der Waals surface area contributed by atoms with Gasteiger partial charge in [-0.25, -0.2) is 4.79 Å². The summed E-state index contributed by atoms with van der Waals surface area (Å²) in [4.78, 5) is 37.1. The molecule has 2 unspecified atom stereocenters. The average molecular weight is 314 g/mol. The van der Waals surface area contributed by atoms with E-state index in [4.69, 9.17) is 5.11 Å². The zero-order valence-corrected chi connectivity index (χ0v) is 12.4. The SMILES string of the molecule is CN1C(=O)C2C=C(C(=O)NCC(O)CO)SC2=[N+](C)C1=O. The molecule has 0 aromatic rings. The molecule has 0 aliphatic carbocycles. The molecule has 2 aliphatic rings. The molecule has 0 saturated heterocycles. The van der Waals surface area contributed by atoms with E-state index in [0.717, 1.165) is 16.7 Å². The van der Waals surface area contributed by atoms with Gasteiger partial charge in [0.1, 0.15) is 5.92 Å². The lowest BCUT2D eigenvalue weighted by atomic mass is 10.1. The quantitative estimate of drug-likeness (QED) is 0.536. The highest BCUT2D eigenvalue weighted by Gasteiger charge is 2.48. The molecule has 0 saturated carbocycles. The van der Waals surface area contributed by atoms with Crippen molar-refractivity contribution in [2.75, 3.05) is 27.2 Å². The Hall–Kier alpha value is -1.71. The van der Waals surface area contributed by atoms with E-state index in [1.165, 1.54) is 17.7 Å². The van der Waals surface area contributed by atoms with Gasteiger partial charge in [0.25, 0.3) is 5.91 Å². The number of thioether (sulfide) groups is 1. The zero-order chi connectivity index (χ0) is 15.7. The summed E-state index contributed by atoms with van der Waals surface area (Å²) in [6, 6.07) is -0.440. The number of imide groups is 1. The number of hydrogen-bond donors (Lipinski definition) is 3. The van der Waals surface area contributed by atoms with Gasteiger partial charge in [-0.05, 0) is 17.8 Å². The maximum atomic E-state index is 12.0. The predicted octanol–water partition coefficient (Wildman–Crippen LogP) is -1.66. The fourth-order valence-corrected chi connectivity index (χ4v) is 3.10. The van der Waals surface area contributed by atoms with Crippen molar-refractivity contribution in [3.63, 3.8) is 0 Å². The van der Waals surface area contributed by atoms with Gasteiger partial charge in [-0.1, -0.05) is 0 Å². The largest absolute Gasteiger partial charge is 0.500 e. The van der Waals surface area contributed by atoms with Crippen molar-refractivity contribution in [1.82, 2.24) is 10.2 Å². The van der Waals surface area contributed by atoms with Crippen molar-refractivity contribution < 1.29 is 29.2 Å². The van der Waals surface area contributed by atoms with Gasteiger partial charge >= 0.3 is 11.9 Å². The fourth-order valence-electron chi connectivity index (χ4n) is 1.99. The van der Waals surface area contributed by atoms with Gasteiger partial charge in [0.05, 0.1) is 31.7 Å². The van der Waals surface area contributed by atoms with Gasteiger partial charge in [0, 0.05) is 6.54 Å². The van der Waals surface area contributed by atoms with Crippen LogP contribution in [0, 0.1) is 5.92 Å². The zero-order valence-electron chi connectivity index (χ0n) is 11.6. The molecule has 2 atom stereocenters. The van der Waals surface area contributed by atoms with Crippen LogP contribution in [0.4, 0.5) is 4.79 Å². The molecule has 0 spiro atoms. The number of carbonyl (C=O) groups excluding carboxylic acids is 3. The summed E-state index contributed by atoms with van der Waals surface area (Å²) in [6.07, 6.45) is 0.468. The molecule has 2 heterocycles. The number of nitrogens with one attached hydrogen (secondary N) is 1. The number of rotatable bonds is 4. The number of nitrogens with zero attached hydrogens (tertiary/aromatic N) is 2. The first-order valence-electron chi connectivity index (χ1n) is 6.25. The van der Waals surface area contributed by atoms with Gasteiger partial charge < -0.3 is 15.5 Å². The highest BCUT2D eigenvalue weighted by Crippen LogP contribution is 2.35. The molecule has 9 heteroatoms. The van der Waals surface area contributed by atoms with Crippen molar-refractivity contribution >= 4 is 34.7 Å². The minimum absolute atomic E-state index is 0.0874. The van der Waals surface area contributed by atoms with Crippen LogP contribution in [0.5, 0.6) is 0 Å². The number of aliphatic hydroxyl groups excluding tert-OH is 2. The molecular formula is C12H16N3O5S+. The van der Waals surface area contributed by atoms with Crippen molar-refractivity contribution in [3.05, 3.63) is 11.0 Å². The molecule has 0 aromatic carbocycles. The maximum Gasteiger partial charge on any atom is 0.500 e. The lowest BCUT2D eigenvalue weighted by Gasteiger charge is -2.18. The van der Waals surface area contributed by atoms with E-state index in [-0.39, 0.29) is 12.5 Å². The topological polar surface area (TPSA) is 110 Å². The monoisotopic (exact) mass is 314 g/mol. The van der Waals surface area contributed by atoms with E-state index in [1.807, 2.05) is 0 Å². The normalized spacial score (nSPS) is 23.1. The Morgan fingerprint density at radius 3 is 2.86 bits per heavy atom. The third-order valence-electron chi connectivity index (χ3n) is 3.23. The minimum Gasteiger partial charge on any atom is -0.394 e. The number of urea groups is 1. The Morgan fingerprint density at radius 1 is 1.57 bits per heavy atom. The van der Waals surface area contributed by atoms with Crippen LogP contribution in [0.1, 0.15) is 0 Å². The molecule has 0 fully saturated rings. The third-order valence-corrected chi connectivity index (χ3v) is 4.51. The van der Waals surface area contributed by atoms with E-state index in [0.29, 0.717) is 9.95 Å². The lowest BCUT2D eigenvalue weighted by molar-refractivity contribution is -0.403. The first kappa shape index (κ1) is 15.7. The Bertz CT molecular complexity index is 571. The van der Waals surface area contributed by atoms with Crippen molar-refractivity contribution in [3.8, 4) is 0 Å². The Balaban J connectivity index is 2.15. The lowest BCUT2D eigenvalue weighted by Crippen LogP contribution is -2.49. The van der Waals surface area contributed by atoms with Crippen LogP contribution in [0.25, 0.3) is 0 Å². The molecule has 0 radical (unpaired) electrons. The number of amides is 4. The number of carbonyl (C=O) groups is 3. The van der Waals surface area contributed by atoms with Gasteiger partial charge in [0.15, 0.2) is 5.04 Å². The first-order valence-corrected chi connectivity index (χ1v) is 7.07. The molecule has 2 rings (SSSR count). The van der Waals surface area contributed by atoms with Crippen LogP contribution in [0.15, 0.2) is 11.0 Å². The second-order valence-corrected chi connectivity index (χ2v) is 5.80. The summed E-state index contributed by atoms with van der Waals surface area (Å²) >= 11 is 1.06. The summed E-state index contributed by atoms with van der Waals surface area (Å²) in [7, 11) is 2.94. The average Bonchev–Trinajstić information content (AvgIpc) is 2.93. The summed E-state index contributed by atoms with van der Waals surface area (Å²) in [5.41, 5.74) is 0. The van der Waals surface area contributed by atoms with Crippen LogP contribution >= 0.6 is 11.8 Å². The fraction of sp³-hybridized carbons (Fsp3) is 0.500. The summed E-state index contributed by atoms with van der Waals surface area (Å²) < 4.78 is 1.34. The van der Waals surface area contributed by atoms with Gasteiger partial charge in [-0.15, -0.1) is 0 Å². The maximum absolute atomic E-state index is 12.0. The number of fused-ring (bicyclic) bond motifs is 1. The van der Waals surface area contributed by atoms with Crippen molar-refractivity contribution in [2.45, 2.75) is 6.10 Å². The Labute approximate surface area is 125 Å². The van der Waals surface area contributed by atoms with Gasteiger partial charge in [-0.3, -0.25) is 4.79 Å². The van der Waals surface area contributed by atoms with E-state index in [9.17, 15) is 19.5 Å². The van der Waals surface area contributed by atoms with Crippen LogP contribution in [-0.2, 0) is 9.59 Å². The van der Waals surface area contributed by atoms with Crippen molar-refractivity contribution in [1.29, 1.82) is 0 Å². The van der Waals surface area contributed by atoms with E-state index >= 15 is 0 Å². The molecule has 21 heavy (non-hydrogen) atoms. The molecule has 3 N–H and O–H groups in total. The highest BCUT2D eigenvalue weighted by atomic mass is 32.2. The number of hydrogen-bond acceptors (Lipinski definition) is 6. The predicted molar refractivity (Wildman–Crippen MR) is 74.6 cm³/mol. The molecule has 4 amide bonds. The molecule has 0 bridgehead atoms. The van der Waals surface area contributed by atoms with E-state index in [1.54, 1.807) is 7.05 Å². The molecule has 2 aliphatic heterocycles. The second-order valence-electron chi connectivity index (χ2n) is 4.73. The van der Waals surface area contributed by atoms with E-state index < -0.39 is 30.6 Å². The van der Waals surface area contributed by atoms with E-state index in [2.05, 4.69) is 5.32 Å². The van der Waals surface area contributed by atoms with Gasteiger partial charge in [0.2, 0.25) is 0 Å². The minimum atomic E-state index is -1.03. The van der Waals surface area contributed by atoms with Crippen LogP contribution in [-0.4, -0.2) is 75.9 Å². The summed E-state index contributed by atoms with van der Waals surface area (Å²) in [5, 5.41) is 20.8. The summed E-state index contributed by atoms with van der Waals surface area (Å²) in [6.45, 7) is -0.539. The third kappa shape index (κ3) is 2.85. The standard InChI is InChI=1S/C12H15N3O5S/c1-14-10(19)7-3-8(9(18)13-4-6(17)5-16)21-11(7)15(2)12(14)20/h3,6-7,16-17H,4-5H2,1-2H3/p+1. The van der Waals surface area contributed by atoms with Crippen LogP contribution in [0.3, 0.4) is 0 Å². The Kier molecular flexibility index (Phi) is 4.45.